The first-order valence-electron chi connectivity index (χ1n) is 12.0. The first-order chi connectivity index (χ1) is 17.6. The highest BCUT2D eigenvalue weighted by Gasteiger charge is 2.42. The molecule has 3 aliphatic rings. The number of benzene rings is 2. The SMILES string of the molecule is O=C(CSC1=Nc2ccccc2C2=NC(=O)C(CC(=O)NCc3ccccc3)N12)NCC1CCCO1. The lowest BCUT2D eigenvalue weighted by atomic mass is 10.1. The highest BCUT2D eigenvalue weighted by atomic mass is 32.2. The highest BCUT2D eigenvalue weighted by molar-refractivity contribution is 8.14. The second-order valence-corrected chi connectivity index (χ2v) is 9.71. The Morgan fingerprint density at radius 2 is 1.83 bits per heavy atom. The molecule has 2 aromatic rings. The van der Waals surface area contributed by atoms with E-state index in [1.54, 1.807) is 4.90 Å². The van der Waals surface area contributed by atoms with Crippen LogP contribution in [0.5, 0.6) is 0 Å². The van der Waals surface area contributed by atoms with Crippen molar-refractivity contribution in [1.29, 1.82) is 0 Å². The lowest BCUT2D eigenvalue weighted by Gasteiger charge is -2.30. The molecule has 2 N–H and O–H groups in total. The molecule has 0 aliphatic carbocycles. The van der Waals surface area contributed by atoms with E-state index in [1.807, 2.05) is 54.6 Å². The number of nitrogens with one attached hydrogen (secondary N) is 2. The topological polar surface area (TPSA) is 112 Å². The summed E-state index contributed by atoms with van der Waals surface area (Å²) in [5.41, 5.74) is 2.38. The van der Waals surface area contributed by atoms with Crippen LogP contribution in [-0.2, 0) is 25.7 Å². The molecular formula is C26H27N5O4S. The fourth-order valence-electron chi connectivity index (χ4n) is 4.36. The molecule has 2 atom stereocenters. The van der Waals surface area contributed by atoms with Crippen molar-refractivity contribution in [3.63, 3.8) is 0 Å². The van der Waals surface area contributed by atoms with Crippen LogP contribution in [0, 0.1) is 0 Å². The van der Waals surface area contributed by atoms with E-state index in [0.717, 1.165) is 30.6 Å². The van der Waals surface area contributed by atoms with Gasteiger partial charge in [0.1, 0.15) is 11.9 Å². The van der Waals surface area contributed by atoms with Crippen LogP contribution < -0.4 is 10.6 Å². The van der Waals surface area contributed by atoms with E-state index in [2.05, 4.69) is 15.6 Å². The number of amides is 3. The quantitative estimate of drug-likeness (QED) is 0.570. The zero-order valence-corrected chi connectivity index (χ0v) is 20.5. The van der Waals surface area contributed by atoms with Gasteiger partial charge in [-0.25, -0.2) is 4.99 Å². The maximum Gasteiger partial charge on any atom is 0.271 e. The van der Waals surface area contributed by atoms with Gasteiger partial charge < -0.3 is 15.4 Å². The molecule has 36 heavy (non-hydrogen) atoms. The van der Waals surface area contributed by atoms with Crippen molar-refractivity contribution in [2.24, 2.45) is 9.98 Å². The molecule has 10 heteroatoms. The molecule has 5 rings (SSSR count). The van der Waals surface area contributed by atoms with Gasteiger partial charge >= 0.3 is 0 Å². The van der Waals surface area contributed by atoms with Crippen LogP contribution >= 0.6 is 11.8 Å². The molecule has 1 fully saturated rings. The van der Waals surface area contributed by atoms with E-state index >= 15 is 0 Å². The molecule has 0 saturated carbocycles. The smallest absolute Gasteiger partial charge is 0.271 e. The van der Waals surface area contributed by atoms with Gasteiger partial charge in [-0.05, 0) is 30.5 Å². The zero-order chi connectivity index (χ0) is 24.9. The van der Waals surface area contributed by atoms with E-state index in [9.17, 15) is 14.4 Å². The third kappa shape index (κ3) is 5.50. The van der Waals surface area contributed by atoms with E-state index in [0.29, 0.717) is 29.8 Å². The molecule has 0 spiro atoms. The summed E-state index contributed by atoms with van der Waals surface area (Å²) in [7, 11) is 0. The van der Waals surface area contributed by atoms with Crippen molar-refractivity contribution < 1.29 is 19.1 Å². The second kappa shape index (κ2) is 11.0. The Bertz CT molecular complexity index is 1210. The van der Waals surface area contributed by atoms with E-state index in [1.165, 1.54) is 11.8 Å². The summed E-state index contributed by atoms with van der Waals surface area (Å²) in [4.78, 5) is 48.9. The van der Waals surface area contributed by atoms with Gasteiger partial charge in [0.2, 0.25) is 11.8 Å². The van der Waals surface area contributed by atoms with Crippen molar-refractivity contribution in [2.75, 3.05) is 18.9 Å². The van der Waals surface area contributed by atoms with Gasteiger partial charge in [-0.1, -0.05) is 54.2 Å². The van der Waals surface area contributed by atoms with Crippen molar-refractivity contribution in [3.05, 3.63) is 65.7 Å². The fourth-order valence-corrected chi connectivity index (χ4v) is 5.24. The third-order valence-corrected chi connectivity index (χ3v) is 7.16. The van der Waals surface area contributed by atoms with Crippen LogP contribution in [0.15, 0.2) is 64.6 Å². The Hall–Kier alpha value is -3.50. The van der Waals surface area contributed by atoms with Gasteiger partial charge in [0.15, 0.2) is 5.17 Å². The molecule has 3 amide bonds. The summed E-state index contributed by atoms with van der Waals surface area (Å²) in [6.07, 6.45) is 1.95. The molecule has 1 saturated heterocycles. The van der Waals surface area contributed by atoms with Crippen LogP contribution in [0.25, 0.3) is 0 Å². The monoisotopic (exact) mass is 505 g/mol. The second-order valence-electron chi connectivity index (χ2n) is 8.77. The van der Waals surface area contributed by atoms with Crippen LogP contribution in [0.3, 0.4) is 0 Å². The Balaban J connectivity index is 1.27. The number of thioether (sulfide) groups is 1. The molecule has 2 unspecified atom stereocenters. The first-order valence-corrected chi connectivity index (χ1v) is 13.0. The maximum absolute atomic E-state index is 12.9. The average Bonchev–Trinajstić information content (AvgIpc) is 3.54. The molecule has 0 aromatic heterocycles. The number of amidine groups is 2. The minimum absolute atomic E-state index is 0.0616. The fraction of sp³-hybridized carbons (Fsp3) is 0.346. The van der Waals surface area contributed by atoms with Gasteiger partial charge in [-0.2, -0.15) is 4.99 Å². The lowest BCUT2D eigenvalue weighted by molar-refractivity contribution is -0.126. The van der Waals surface area contributed by atoms with Crippen LogP contribution in [-0.4, -0.2) is 64.7 Å². The molecule has 0 bridgehead atoms. The number of rotatable bonds is 8. The van der Waals surface area contributed by atoms with Crippen molar-refractivity contribution >= 4 is 46.2 Å². The van der Waals surface area contributed by atoms with Crippen molar-refractivity contribution in [3.8, 4) is 0 Å². The molecular weight excluding hydrogens is 478 g/mol. The minimum atomic E-state index is -0.815. The number of carbonyl (C=O) groups excluding carboxylic acids is 3. The van der Waals surface area contributed by atoms with E-state index in [-0.39, 0.29) is 30.1 Å². The normalized spacial score (nSPS) is 20.3. The van der Waals surface area contributed by atoms with Gasteiger partial charge in [-0.3, -0.25) is 19.3 Å². The Kier molecular flexibility index (Phi) is 7.43. The van der Waals surface area contributed by atoms with Gasteiger partial charge in [-0.15, -0.1) is 0 Å². The summed E-state index contributed by atoms with van der Waals surface area (Å²) < 4.78 is 5.56. The largest absolute Gasteiger partial charge is 0.376 e. The van der Waals surface area contributed by atoms with Gasteiger partial charge in [0.25, 0.3) is 5.91 Å². The highest BCUT2D eigenvalue weighted by Crippen LogP contribution is 2.34. The number of nitrogens with zero attached hydrogens (tertiary/aromatic N) is 3. The van der Waals surface area contributed by atoms with Crippen LogP contribution in [0.1, 0.15) is 30.4 Å². The van der Waals surface area contributed by atoms with E-state index < -0.39 is 11.9 Å². The molecule has 2 aromatic carbocycles. The summed E-state index contributed by atoms with van der Waals surface area (Å²) in [5.74, 6) is -0.204. The van der Waals surface area contributed by atoms with Gasteiger partial charge in [0.05, 0.1) is 24.0 Å². The third-order valence-electron chi connectivity index (χ3n) is 6.20. The molecule has 3 aliphatic heterocycles. The Morgan fingerprint density at radius 1 is 1.03 bits per heavy atom. The summed E-state index contributed by atoms with van der Waals surface area (Å²) in [6.45, 7) is 1.59. The van der Waals surface area contributed by atoms with Crippen molar-refractivity contribution in [2.45, 2.75) is 38.0 Å². The van der Waals surface area contributed by atoms with Crippen molar-refractivity contribution in [1.82, 2.24) is 15.5 Å². The Morgan fingerprint density at radius 3 is 2.64 bits per heavy atom. The summed E-state index contributed by atoms with van der Waals surface area (Å²) in [5, 5.41) is 6.26. The number of hydrogen-bond acceptors (Lipinski definition) is 7. The number of aliphatic imine (C=N–C) groups is 2. The molecule has 0 radical (unpaired) electrons. The number of ether oxygens (including phenoxy) is 1. The van der Waals surface area contributed by atoms with Crippen LogP contribution in [0.4, 0.5) is 5.69 Å². The number of para-hydroxylation sites is 1. The average molecular weight is 506 g/mol. The van der Waals surface area contributed by atoms with Crippen LogP contribution in [0.2, 0.25) is 0 Å². The zero-order valence-electron chi connectivity index (χ0n) is 19.7. The number of hydrogen-bond donors (Lipinski definition) is 2. The maximum atomic E-state index is 12.9. The molecule has 9 nitrogen and oxygen atoms in total. The molecule has 3 heterocycles. The minimum Gasteiger partial charge on any atom is -0.376 e. The standard InChI is InChI=1S/C26H27N5O4S/c32-22(27-14-17-7-2-1-3-8-17)13-21-25(34)30-24-19-10-4-5-11-20(19)29-26(31(21)24)36-16-23(33)28-15-18-9-6-12-35-18/h1-5,7-8,10-11,18,21H,6,9,12-16H2,(H,27,32)(H,28,33). The predicted molar refractivity (Wildman–Crippen MR) is 138 cm³/mol. The Labute approximate surface area is 213 Å². The van der Waals surface area contributed by atoms with E-state index in [4.69, 9.17) is 9.73 Å². The number of carbonyl (C=O) groups is 3. The predicted octanol–water partition coefficient (Wildman–Crippen LogP) is 2.38. The first kappa shape index (κ1) is 24.2. The summed E-state index contributed by atoms with van der Waals surface area (Å²) in [6, 6.07) is 16.2. The van der Waals surface area contributed by atoms with Gasteiger partial charge in [0, 0.05) is 25.3 Å². The molecule has 186 valence electrons. The lowest BCUT2D eigenvalue weighted by Crippen LogP contribution is -2.46. The summed E-state index contributed by atoms with van der Waals surface area (Å²) >= 11 is 1.23. The number of fused-ring (bicyclic) bond motifs is 3.